The van der Waals surface area contributed by atoms with Gasteiger partial charge in [-0.15, -0.1) is 0 Å². The zero-order valence-corrected chi connectivity index (χ0v) is 5.73. The zero-order chi connectivity index (χ0) is 5.28. The summed E-state index contributed by atoms with van der Waals surface area (Å²) in [7, 11) is 0. The van der Waals surface area contributed by atoms with Gasteiger partial charge < -0.3 is 0 Å². The Morgan fingerprint density at radius 2 is 2.12 bits per heavy atom. The van der Waals surface area contributed by atoms with E-state index in [2.05, 4.69) is 32.0 Å². The van der Waals surface area contributed by atoms with Gasteiger partial charge in [0.15, 0.2) is 0 Å². The third kappa shape index (κ3) is 1.47. The molecule has 0 spiro atoms. The van der Waals surface area contributed by atoms with Crippen LogP contribution in [0.5, 0.6) is 0 Å². The summed E-state index contributed by atoms with van der Waals surface area (Å²) >= 11 is 0. The molecule has 0 heterocycles. The fourth-order valence-electron chi connectivity index (χ4n) is 0.600. The van der Waals surface area contributed by atoms with Crippen LogP contribution in [0.3, 0.4) is 0 Å². The van der Waals surface area contributed by atoms with Crippen LogP contribution in [0.15, 0.2) is 18.2 Å². The normalized spacial score (nSPS) is 8.25. The second-order valence-corrected chi connectivity index (χ2v) is 1.89. The summed E-state index contributed by atoms with van der Waals surface area (Å²) in [5.74, 6) is 0. The molecule has 38 valence electrons. The van der Waals surface area contributed by atoms with Gasteiger partial charge in [-0.25, -0.2) is 12.1 Å². The second kappa shape index (κ2) is 3.07. The van der Waals surface area contributed by atoms with Crippen molar-refractivity contribution in [3.05, 3.63) is 29.3 Å². The Balaban J connectivity index is 0.000000490. The van der Waals surface area contributed by atoms with Crippen LogP contribution in [0.1, 0.15) is 11.1 Å². The van der Waals surface area contributed by atoms with Gasteiger partial charge in [-0.2, -0.15) is 17.2 Å². The molecule has 0 atom stereocenters. The van der Waals surface area contributed by atoms with Crippen LogP contribution in [0.4, 0.5) is 0 Å². The first-order valence-electron chi connectivity index (χ1n) is 2.49. The number of rotatable bonds is 0. The van der Waals surface area contributed by atoms with E-state index in [4.69, 9.17) is 0 Å². The molecule has 0 nitrogen and oxygen atoms in total. The SMILES string of the molecule is Cc1ccc[c-]1C.[Li+]. The van der Waals surface area contributed by atoms with Crippen molar-refractivity contribution in [3.8, 4) is 0 Å². The van der Waals surface area contributed by atoms with Gasteiger partial charge in [0, 0.05) is 0 Å². The van der Waals surface area contributed by atoms with Crippen molar-refractivity contribution in [2.24, 2.45) is 0 Å². The summed E-state index contributed by atoms with van der Waals surface area (Å²) in [6.07, 6.45) is 0. The average Bonchev–Trinajstić information content (AvgIpc) is 1.91. The molecule has 0 aliphatic heterocycles. The van der Waals surface area contributed by atoms with E-state index in [-0.39, 0.29) is 18.9 Å². The largest absolute Gasteiger partial charge is 1.00 e. The molecule has 0 aliphatic carbocycles. The minimum atomic E-state index is 0. The molecule has 0 amide bonds. The van der Waals surface area contributed by atoms with Crippen LogP contribution in [-0.4, -0.2) is 0 Å². The molecule has 1 rings (SSSR count). The van der Waals surface area contributed by atoms with Crippen LogP contribution < -0.4 is 18.9 Å². The van der Waals surface area contributed by atoms with Crippen molar-refractivity contribution in [1.82, 2.24) is 0 Å². The van der Waals surface area contributed by atoms with Crippen molar-refractivity contribution < 1.29 is 18.9 Å². The Morgan fingerprint density at radius 3 is 2.25 bits per heavy atom. The number of aryl methyl sites for hydroxylation is 2. The van der Waals surface area contributed by atoms with Crippen molar-refractivity contribution in [1.29, 1.82) is 0 Å². The van der Waals surface area contributed by atoms with E-state index in [1.807, 2.05) is 0 Å². The van der Waals surface area contributed by atoms with Crippen LogP contribution in [0, 0.1) is 13.8 Å². The maximum absolute atomic E-state index is 2.12. The summed E-state index contributed by atoms with van der Waals surface area (Å²) in [5, 5.41) is 0. The summed E-state index contributed by atoms with van der Waals surface area (Å²) in [4.78, 5) is 0. The standard InChI is InChI=1S/C7H9.Li/c1-6-4-3-5-7(6)2;/h3-5H,1-2H3;/q-1;+1. The molecule has 1 aromatic rings. The molecular weight excluding hydrogens is 91.0 g/mol. The smallest absolute Gasteiger partial charge is 0.213 e. The van der Waals surface area contributed by atoms with E-state index in [0.717, 1.165) is 0 Å². The Bertz CT molecular complexity index is 137. The first-order valence-corrected chi connectivity index (χ1v) is 2.49. The van der Waals surface area contributed by atoms with Gasteiger partial charge in [-0.05, 0) is 0 Å². The van der Waals surface area contributed by atoms with Crippen LogP contribution in [-0.2, 0) is 0 Å². The number of hydrogen-bond acceptors (Lipinski definition) is 0. The van der Waals surface area contributed by atoms with Crippen LogP contribution in [0.25, 0.3) is 0 Å². The van der Waals surface area contributed by atoms with Gasteiger partial charge in [-0.1, -0.05) is 13.8 Å². The first kappa shape index (κ1) is 7.95. The van der Waals surface area contributed by atoms with E-state index < -0.39 is 0 Å². The number of hydrogen-bond donors (Lipinski definition) is 0. The molecule has 1 aromatic carbocycles. The molecular formula is C7H9Li. The van der Waals surface area contributed by atoms with Crippen molar-refractivity contribution in [3.63, 3.8) is 0 Å². The van der Waals surface area contributed by atoms with Gasteiger partial charge >= 0.3 is 18.9 Å². The van der Waals surface area contributed by atoms with Gasteiger partial charge in [0.2, 0.25) is 0 Å². The molecule has 8 heavy (non-hydrogen) atoms. The van der Waals surface area contributed by atoms with Gasteiger partial charge in [0.1, 0.15) is 0 Å². The predicted molar refractivity (Wildman–Crippen MR) is 31.5 cm³/mol. The quantitative estimate of drug-likeness (QED) is 0.290. The van der Waals surface area contributed by atoms with Crippen molar-refractivity contribution >= 4 is 0 Å². The van der Waals surface area contributed by atoms with E-state index in [0.29, 0.717) is 0 Å². The van der Waals surface area contributed by atoms with Crippen molar-refractivity contribution in [2.45, 2.75) is 13.8 Å². The average molecular weight is 100 g/mol. The third-order valence-corrected chi connectivity index (χ3v) is 1.31. The minimum Gasteiger partial charge on any atom is -0.213 e. The maximum atomic E-state index is 2.12. The fraction of sp³-hybridized carbons (Fsp3) is 0.286. The molecule has 0 radical (unpaired) electrons. The molecule has 0 saturated heterocycles. The summed E-state index contributed by atoms with van der Waals surface area (Å²) < 4.78 is 0. The molecule has 1 heteroatoms. The van der Waals surface area contributed by atoms with Gasteiger partial charge in [0.05, 0.1) is 0 Å². The van der Waals surface area contributed by atoms with Gasteiger partial charge in [0.25, 0.3) is 0 Å². The molecule has 0 N–H and O–H groups in total. The Kier molecular flexibility index (Phi) is 3.05. The molecule has 0 bridgehead atoms. The Hall–Kier alpha value is -0.0526. The molecule has 0 unspecified atom stereocenters. The fourth-order valence-corrected chi connectivity index (χ4v) is 0.600. The van der Waals surface area contributed by atoms with E-state index in [1.165, 1.54) is 11.1 Å². The first-order chi connectivity index (χ1) is 3.30. The monoisotopic (exact) mass is 100 g/mol. The summed E-state index contributed by atoms with van der Waals surface area (Å²) in [6.45, 7) is 4.24. The molecule has 0 aliphatic rings. The topological polar surface area (TPSA) is 0 Å². The predicted octanol–water partition coefficient (Wildman–Crippen LogP) is -0.974. The molecule has 0 aromatic heterocycles. The third-order valence-electron chi connectivity index (χ3n) is 1.31. The van der Waals surface area contributed by atoms with E-state index >= 15 is 0 Å². The summed E-state index contributed by atoms with van der Waals surface area (Å²) in [6, 6.07) is 6.31. The second-order valence-electron chi connectivity index (χ2n) is 1.89. The van der Waals surface area contributed by atoms with Crippen LogP contribution >= 0.6 is 0 Å². The molecule has 0 fully saturated rings. The maximum Gasteiger partial charge on any atom is 1.00 e. The Labute approximate surface area is 62.4 Å². The van der Waals surface area contributed by atoms with Gasteiger partial charge in [-0.3, -0.25) is 0 Å². The molecule has 0 saturated carbocycles. The Morgan fingerprint density at radius 1 is 1.50 bits per heavy atom. The summed E-state index contributed by atoms with van der Waals surface area (Å²) in [5.41, 5.74) is 2.78. The zero-order valence-electron chi connectivity index (χ0n) is 5.73. The van der Waals surface area contributed by atoms with E-state index in [1.54, 1.807) is 0 Å². The van der Waals surface area contributed by atoms with Crippen molar-refractivity contribution in [2.75, 3.05) is 0 Å². The minimum absolute atomic E-state index is 0. The van der Waals surface area contributed by atoms with E-state index in [9.17, 15) is 0 Å². The van der Waals surface area contributed by atoms with Crippen LogP contribution in [0.2, 0.25) is 0 Å².